The summed E-state index contributed by atoms with van der Waals surface area (Å²) in [5.41, 5.74) is 5.45. The van der Waals surface area contributed by atoms with Gasteiger partial charge >= 0.3 is 5.97 Å². The summed E-state index contributed by atoms with van der Waals surface area (Å²) in [6.07, 6.45) is 4.77. The van der Waals surface area contributed by atoms with E-state index in [4.69, 9.17) is 0 Å². The van der Waals surface area contributed by atoms with Gasteiger partial charge in [0.1, 0.15) is 0 Å². The minimum atomic E-state index is -0.819. The second-order valence-electron chi connectivity index (χ2n) is 6.51. The smallest absolute Gasteiger partial charge is 0.335 e. The van der Waals surface area contributed by atoms with Gasteiger partial charge in [-0.2, -0.15) is 0 Å². The highest BCUT2D eigenvalue weighted by atomic mass is 16.4. The molecule has 0 saturated heterocycles. The first-order chi connectivity index (χ1) is 11.6. The van der Waals surface area contributed by atoms with Gasteiger partial charge in [-0.05, 0) is 59.9 Å². The molecule has 2 nitrogen and oxygen atoms in total. The molecule has 0 saturated carbocycles. The Morgan fingerprint density at radius 3 is 2.29 bits per heavy atom. The third-order valence-electron chi connectivity index (χ3n) is 4.87. The first-order valence-electron chi connectivity index (χ1n) is 9.00. The number of hydrogen-bond acceptors (Lipinski definition) is 1. The van der Waals surface area contributed by atoms with E-state index in [2.05, 4.69) is 51.1 Å². The van der Waals surface area contributed by atoms with E-state index in [0.29, 0.717) is 11.5 Å². The molecule has 0 radical (unpaired) electrons. The topological polar surface area (TPSA) is 37.3 Å². The molecular weight excluding hydrogens is 296 g/mol. The largest absolute Gasteiger partial charge is 0.478 e. The molecule has 1 atom stereocenters. The molecule has 0 aliphatic rings. The van der Waals surface area contributed by atoms with Crippen LogP contribution in [0.15, 0.2) is 42.5 Å². The quantitative estimate of drug-likeness (QED) is 0.682. The number of carbonyl (C=O) groups is 1. The van der Waals surface area contributed by atoms with E-state index in [0.717, 1.165) is 37.7 Å². The molecule has 1 N–H and O–H groups in total. The van der Waals surface area contributed by atoms with Crippen LogP contribution in [0.5, 0.6) is 0 Å². The molecular formula is C22H28O2. The summed E-state index contributed by atoms with van der Waals surface area (Å²) in [4.78, 5) is 11.5. The van der Waals surface area contributed by atoms with Crippen molar-refractivity contribution in [3.8, 4) is 0 Å². The summed E-state index contributed by atoms with van der Waals surface area (Å²) in [7, 11) is 0. The zero-order valence-electron chi connectivity index (χ0n) is 15.0. The number of carboxylic acid groups (broad SMARTS) is 1. The van der Waals surface area contributed by atoms with E-state index in [-0.39, 0.29) is 0 Å². The molecule has 0 bridgehead atoms. The zero-order valence-corrected chi connectivity index (χ0v) is 15.0. The Balaban J connectivity index is 2.27. The summed E-state index contributed by atoms with van der Waals surface area (Å²) < 4.78 is 0. The maximum Gasteiger partial charge on any atom is 0.335 e. The predicted octanol–water partition coefficient (Wildman–Crippen LogP) is 5.64. The van der Waals surface area contributed by atoms with Crippen LogP contribution in [0.4, 0.5) is 0 Å². The lowest BCUT2D eigenvalue weighted by Gasteiger charge is -2.16. The van der Waals surface area contributed by atoms with Crippen LogP contribution in [0, 0.1) is 0 Å². The van der Waals surface area contributed by atoms with Crippen molar-refractivity contribution in [2.75, 3.05) is 0 Å². The standard InChI is InChI=1S/C22H28O2/c1-4-9-20-18(11-8-13-21(20)22(23)24)15-14-17-10-6-7-12-19(17)16(3)5-2/h6-8,10-13,16H,4-5,9,14-15H2,1-3H3,(H,23,24). The number of aryl methyl sites for hydroxylation is 2. The molecule has 0 amide bonds. The molecule has 0 fully saturated rings. The van der Waals surface area contributed by atoms with Crippen molar-refractivity contribution in [3.63, 3.8) is 0 Å². The molecule has 2 aromatic carbocycles. The number of carboxylic acids is 1. The fraction of sp³-hybridized carbons (Fsp3) is 0.409. The van der Waals surface area contributed by atoms with Crippen molar-refractivity contribution in [2.45, 2.75) is 58.8 Å². The maximum absolute atomic E-state index is 11.5. The van der Waals surface area contributed by atoms with E-state index < -0.39 is 5.97 Å². The first-order valence-corrected chi connectivity index (χ1v) is 9.00. The van der Waals surface area contributed by atoms with E-state index in [1.54, 1.807) is 6.07 Å². The van der Waals surface area contributed by atoms with Gasteiger partial charge in [0.25, 0.3) is 0 Å². The van der Waals surface area contributed by atoms with Gasteiger partial charge in [0.2, 0.25) is 0 Å². The van der Waals surface area contributed by atoms with Gasteiger partial charge in [-0.15, -0.1) is 0 Å². The van der Waals surface area contributed by atoms with Crippen LogP contribution in [0.3, 0.4) is 0 Å². The predicted molar refractivity (Wildman–Crippen MR) is 100.0 cm³/mol. The Hall–Kier alpha value is -2.09. The van der Waals surface area contributed by atoms with Crippen molar-refractivity contribution in [3.05, 3.63) is 70.3 Å². The van der Waals surface area contributed by atoms with E-state index >= 15 is 0 Å². The first kappa shape index (κ1) is 18.3. The lowest BCUT2D eigenvalue weighted by atomic mass is 9.89. The van der Waals surface area contributed by atoms with Gasteiger partial charge in [0.15, 0.2) is 0 Å². The normalized spacial score (nSPS) is 12.1. The monoisotopic (exact) mass is 324 g/mol. The van der Waals surface area contributed by atoms with Crippen molar-refractivity contribution >= 4 is 5.97 Å². The van der Waals surface area contributed by atoms with Gasteiger partial charge in [0.05, 0.1) is 5.56 Å². The molecule has 2 aromatic rings. The molecule has 24 heavy (non-hydrogen) atoms. The van der Waals surface area contributed by atoms with Crippen LogP contribution in [-0.4, -0.2) is 11.1 Å². The molecule has 0 spiro atoms. The second kappa shape index (κ2) is 8.68. The Morgan fingerprint density at radius 2 is 1.62 bits per heavy atom. The van der Waals surface area contributed by atoms with Crippen LogP contribution in [0.25, 0.3) is 0 Å². The molecule has 0 aromatic heterocycles. The minimum Gasteiger partial charge on any atom is -0.478 e. The summed E-state index contributed by atoms with van der Waals surface area (Å²) in [5.74, 6) is -0.262. The lowest BCUT2D eigenvalue weighted by Crippen LogP contribution is -2.07. The molecule has 2 rings (SSSR count). The highest BCUT2D eigenvalue weighted by Gasteiger charge is 2.14. The maximum atomic E-state index is 11.5. The van der Waals surface area contributed by atoms with Crippen LogP contribution in [0.2, 0.25) is 0 Å². The van der Waals surface area contributed by atoms with E-state index in [1.165, 1.54) is 16.7 Å². The van der Waals surface area contributed by atoms with E-state index in [1.807, 2.05) is 6.07 Å². The highest BCUT2D eigenvalue weighted by Crippen LogP contribution is 2.25. The van der Waals surface area contributed by atoms with Gasteiger partial charge < -0.3 is 5.11 Å². The Morgan fingerprint density at radius 1 is 0.958 bits per heavy atom. The summed E-state index contributed by atoms with van der Waals surface area (Å²) >= 11 is 0. The van der Waals surface area contributed by atoms with Crippen LogP contribution >= 0.6 is 0 Å². The third-order valence-corrected chi connectivity index (χ3v) is 4.87. The van der Waals surface area contributed by atoms with Crippen molar-refractivity contribution < 1.29 is 9.90 Å². The zero-order chi connectivity index (χ0) is 17.5. The van der Waals surface area contributed by atoms with Gasteiger partial charge in [-0.1, -0.05) is 63.6 Å². The molecule has 2 heteroatoms. The van der Waals surface area contributed by atoms with Crippen LogP contribution in [-0.2, 0) is 19.3 Å². The Bertz CT molecular complexity index is 688. The van der Waals surface area contributed by atoms with Crippen molar-refractivity contribution in [2.24, 2.45) is 0 Å². The molecule has 1 unspecified atom stereocenters. The average Bonchev–Trinajstić information content (AvgIpc) is 2.60. The van der Waals surface area contributed by atoms with Gasteiger partial charge in [-0.3, -0.25) is 0 Å². The minimum absolute atomic E-state index is 0.463. The molecule has 128 valence electrons. The number of rotatable bonds is 8. The highest BCUT2D eigenvalue weighted by molar-refractivity contribution is 5.89. The fourth-order valence-electron chi connectivity index (χ4n) is 3.35. The third kappa shape index (κ3) is 4.25. The Labute approximate surface area is 145 Å². The van der Waals surface area contributed by atoms with Crippen molar-refractivity contribution in [1.82, 2.24) is 0 Å². The molecule has 0 aliphatic carbocycles. The fourth-order valence-corrected chi connectivity index (χ4v) is 3.35. The Kier molecular flexibility index (Phi) is 6.60. The summed E-state index contributed by atoms with van der Waals surface area (Å²) in [6, 6.07) is 14.3. The van der Waals surface area contributed by atoms with Crippen molar-refractivity contribution in [1.29, 1.82) is 0 Å². The molecule has 0 aliphatic heterocycles. The molecule has 0 heterocycles. The van der Waals surface area contributed by atoms with Gasteiger partial charge in [-0.25, -0.2) is 4.79 Å². The average molecular weight is 324 g/mol. The van der Waals surface area contributed by atoms with Crippen LogP contribution in [0.1, 0.15) is 72.1 Å². The summed E-state index contributed by atoms with van der Waals surface area (Å²) in [6.45, 7) is 6.59. The summed E-state index contributed by atoms with van der Waals surface area (Å²) in [5, 5.41) is 9.45. The SMILES string of the molecule is CCCc1c(CCc2ccccc2C(C)CC)cccc1C(=O)O. The second-order valence-corrected chi connectivity index (χ2v) is 6.51. The number of aromatic carboxylic acids is 1. The van der Waals surface area contributed by atoms with Gasteiger partial charge in [0, 0.05) is 0 Å². The van der Waals surface area contributed by atoms with Crippen LogP contribution < -0.4 is 0 Å². The number of benzene rings is 2. The van der Waals surface area contributed by atoms with E-state index in [9.17, 15) is 9.90 Å². The number of hydrogen-bond donors (Lipinski definition) is 1. The lowest BCUT2D eigenvalue weighted by molar-refractivity contribution is 0.0695.